The summed E-state index contributed by atoms with van der Waals surface area (Å²) in [6.07, 6.45) is 1.70. The lowest BCUT2D eigenvalue weighted by Gasteiger charge is -2.08. The second-order valence-electron chi connectivity index (χ2n) is 4.19. The summed E-state index contributed by atoms with van der Waals surface area (Å²) < 4.78 is 28.7. The summed E-state index contributed by atoms with van der Waals surface area (Å²) in [5.74, 6) is -1.78. The van der Waals surface area contributed by atoms with Crippen LogP contribution >= 0.6 is 0 Å². The average Bonchev–Trinajstić information content (AvgIpc) is 2.87. The summed E-state index contributed by atoms with van der Waals surface area (Å²) in [6.45, 7) is 2.30. The first-order valence-corrected chi connectivity index (χ1v) is 5.71. The molecule has 1 heterocycles. The van der Waals surface area contributed by atoms with Crippen molar-refractivity contribution in [1.29, 1.82) is 5.26 Å². The van der Waals surface area contributed by atoms with Crippen LogP contribution in [0.2, 0.25) is 0 Å². The van der Waals surface area contributed by atoms with Gasteiger partial charge in [-0.2, -0.15) is 10.4 Å². The summed E-state index contributed by atoms with van der Waals surface area (Å²) in [5.41, 5.74) is 5.66. The first kappa shape index (κ1) is 13.2. The van der Waals surface area contributed by atoms with E-state index in [1.165, 1.54) is 6.07 Å². The highest BCUT2D eigenvalue weighted by Gasteiger charge is 2.13. The van der Waals surface area contributed by atoms with E-state index >= 15 is 0 Å². The molecular formula is C13H12F2N4. The van der Waals surface area contributed by atoms with Crippen molar-refractivity contribution in [2.24, 2.45) is 5.73 Å². The molecule has 0 aliphatic heterocycles. The van der Waals surface area contributed by atoms with Gasteiger partial charge in [0.1, 0.15) is 23.3 Å². The van der Waals surface area contributed by atoms with E-state index in [1.54, 1.807) is 16.9 Å². The molecule has 6 heteroatoms. The summed E-state index contributed by atoms with van der Waals surface area (Å²) >= 11 is 0. The van der Waals surface area contributed by atoms with Crippen molar-refractivity contribution < 1.29 is 8.78 Å². The van der Waals surface area contributed by atoms with Crippen LogP contribution in [-0.2, 0) is 0 Å². The lowest BCUT2D eigenvalue weighted by Crippen LogP contribution is -2.16. The Labute approximate surface area is 109 Å². The predicted octanol–water partition coefficient (Wildman–Crippen LogP) is 2.22. The van der Waals surface area contributed by atoms with Crippen molar-refractivity contribution in [2.75, 3.05) is 6.54 Å². The second kappa shape index (κ2) is 5.16. The molecular weight excluding hydrogens is 250 g/mol. The van der Waals surface area contributed by atoms with Gasteiger partial charge in [0.2, 0.25) is 0 Å². The fourth-order valence-corrected chi connectivity index (χ4v) is 1.67. The van der Waals surface area contributed by atoms with E-state index in [0.29, 0.717) is 12.2 Å². The first-order valence-electron chi connectivity index (χ1n) is 5.71. The molecule has 0 aliphatic carbocycles. The normalized spacial score (nSPS) is 12.2. The Morgan fingerprint density at radius 3 is 2.58 bits per heavy atom. The monoisotopic (exact) mass is 262 g/mol. The van der Waals surface area contributed by atoms with Crippen LogP contribution in [0.3, 0.4) is 0 Å². The van der Waals surface area contributed by atoms with Crippen molar-refractivity contribution in [2.45, 2.75) is 13.0 Å². The van der Waals surface area contributed by atoms with Crippen LogP contribution in [-0.4, -0.2) is 16.3 Å². The minimum absolute atomic E-state index is 0.00169. The van der Waals surface area contributed by atoms with Crippen LogP contribution in [0.5, 0.6) is 0 Å². The molecule has 0 fully saturated rings. The van der Waals surface area contributed by atoms with Crippen LogP contribution in [0.1, 0.15) is 18.5 Å². The van der Waals surface area contributed by atoms with E-state index in [2.05, 4.69) is 5.10 Å². The van der Waals surface area contributed by atoms with E-state index in [0.717, 1.165) is 12.1 Å². The van der Waals surface area contributed by atoms with Gasteiger partial charge in [-0.15, -0.1) is 0 Å². The van der Waals surface area contributed by atoms with Gasteiger partial charge < -0.3 is 5.73 Å². The molecule has 0 bridgehead atoms. The van der Waals surface area contributed by atoms with Gasteiger partial charge >= 0.3 is 0 Å². The summed E-state index contributed by atoms with van der Waals surface area (Å²) in [6, 6.07) is 5.33. The Morgan fingerprint density at radius 1 is 1.42 bits per heavy atom. The maximum atomic E-state index is 13.5. The van der Waals surface area contributed by atoms with Gasteiger partial charge in [0.15, 0.2) is 0 Å². The molecule has 0 aliphatic rings. The molecule has 0 amide bonds. The number of hydrogen-bond acceptors (Lipinski definition) is 3. The Balaban J connectivity index is 2.43. The highest BCUT2D eigenvalue weighted by molar-refractivity contribution is 5.60. The van der Waals surface area contributed by atoms with Crippen LogP contribution in [0.4, 0.5) is 8.78 Å². The van der Waals surface area contributed by atoms with E-state index < -0.39 is 17.2 Å². The van der Waals surface area contributed by atoms with Gasteiger partial charge in [0.05, 0.1) is 11.7 Å². The van der Waals surface area contributed by atoms with Gasteiger partial charge in [0.25, 0.3) is 0 Å². The molecule has 0 saturated carbocycles. The third-order valence-corrected chi connectivity index (χ3v) is 2.85. The Bertz CT molecular complexity index is 619. The van der Waals surface area contributed by atoms with E-state index in [1.807, 2.05) is 6.92 Å². The number of benzene rings is 1. The fraction of sp³-hybridized carbons (Fsp3) is 0.231. The van der Waals surface area contributed by atoms with Gasteiger partial charge in [0, 0.05) is 18.3 Å². The highest BCUT2D eigenvalue weighted by Crippen LogP contribution is 2.23. The number of nitrogens with zero attached hydrogens (tertiary/aromatic N) is 3. The molecule has 1 unspecified atom stereocenters. The zero-order valence-corrected chi connectivity index (χ0v) is 10.3. The first-order chi connectivity index (χ1) is 9.06. The maximum absolute atomic E-state index is 13.5. The second-order valence-corrected chi connectivity index (χ2v) is 4.19. The molecule has 1 atom stereocenters. The Hall–Kier alpha value is -2.26. The van der Waals surface area contributed by atoms with E-state index in [9.17, 15) is 8.78 Å². The van der Waals surface area contributed by atoms with Gasteiger partial charge in [-0.1, -0.05) is 0 Å². The van der Waals surface area contributed by atoms with Crippen molar-refractivity contribution in [3.8, 4) is 17.3 Å². The quantitative estimate of drug-likeness (QED) is 0.922. The number of halogens is 2. The largest absolute Gasteiger partial charge is 0.328 e. The van der Waals surface area contributed by atoms with E-state index in [-0.39, 0.29) is 11.6 Å². The van der Waals surface area contributed by atoms with Crippen LogP contribution in [0, 0.1) is 23.0 Å². The van der Waals surface area contributed by atoms with Crippen molar-refractivity contribution in [1.82, 2.24) is 9.78 Å². The molecule has 1 aromatic carbocycles. The lowest BCUT2D eigenvalue weighted by molar-refractivity contribution is 0.502. The van der Waals surface area contributed by atoms with Gasteiger partial charge in [-0.3, -0.25) is 4.68 Å². The topological polar surface area (TPSA) is 67.6 Å². The smallest absolute Gasteiger partial charge is 0.144 e. The minimum atomic E-state index is -0.890. The zero-order chi connectivity index (χ0) is 14.0. The molecule has 2 aromatic rings. The van der Waals surface area contributed by atoms with Crippen LogP contribution in [0.25, 0.3) is 11.3 Å². The molecule has 1 aromatic heterocycles. The summed E-state index contributed by atoms with van der Waals surface area (Å²) in [7, 11) is 0. The van der Waals surface area contributed by atoms with Crippen molar-refractivity contribution in [3.63, 3.8) is 0 Å². The molecule has 0 spiro atoms. The summed E-state index contributed by atoms with van der Waals surface area (Å²) in [5, 5.41) is 12.8. The Kier molecular flexibility index (Phi) is 3.58. The third-order valence-electron chi connectivity index (χ3n) is 2.85. The SMILES string of the molecule is CC(CN)n1ccc(-c2cc(F)c(C#N)c(F)c2)n1. The number of hydrogen-bond donors (Lipinski definition) is 1. The number of nitrogens with two attached hydrogens (primary N) is 1. The molecule has 0 saturated heterocycles. The molecule has 2 N–H and O–H groups in total. The predicted molar refractivity (Wildman–Crippen MR) is 66.1 cm³/mol. The van der Waals surface area contributed by atoms with Gasteiger partial charge in [-0.25, -0.2) is 8.78 Å². The van der Waals surface area contributed by atoms with Gasteiger partial charge in [-0.05, 0) is 25.1 Å². The van der Waals surface area contributed by atoms with Crippen molar-refractivity contribution in [3.05, 3.63) is 41.6 Å². The average molecular weight is 262 g/mol. The zero-order valence-electron chi connectivity index (χ0n) is 10.3. The lowest BCUT2D eigenvalue weighted by atomic mass is 10.1. The standard InChI is InChI=1S/C13H12F2N4/c1-8(6-16)19-3-2-13(18-19)9-4-11(14)10(7-17)12(15)5-9/h2-5,8H,6,16H2,1H3. The third kappa shape index (κ3) is 2.46. The number of rotatable bonds is 3. The van der Waals surface area contributed by atoms with Crippen molar-refractivity contribution >= 4 is 0 Å². The van der Waals surface area contributed by atoms with Crippen LogP contribution < -0.4 is 5.73 Å². The number of aromatic nitrogens is 2. The van der Waals surface area contributed by atoms with Crippen LogP contribution in [0.15, 0.2) is 24.4 Å². The number of nitriles is 1. The molecule has 0 radical (unpaired) electrons. The maximum Gasteiger partial charge on any atom is 0.144 e. The molecule has 98 valence electrons. The molecule has 19 heavy (non-hydrogen) atoms. The fourth-order valence-electron chi connectivity index (χ4n) is 1.67. The molecule has 2 rings (SSSR count). The highest BCUT2D eigenvalue weighted by atomic mass is 19.1. The molecule has 4 nitrogen and oxygen atoms in total. The van der Waals surface area contributed by atoms with E-state index in [4.69, 9.17) is 11.0 Å². The summed E-state index contributed by atoms with van der Waals surface area (Å²) in [4.78, 5) is 0. The minimum Gasteiger partial charge on any atom is -0.328 e. The Morgan fingerprint density at radius 2 is 2.05 bits per heavy atom.